The molecule has 0 saturated carbocycles. The zero-order valence-corrected chi connectivity index (χ0v) is 79.7. The van der Waals surface area contributed by atoms with Crippen LogP contribution < -0.4 is 0 Å². The zero-order valence-electron chi connectivity index (χ0n) is 76.7. The molecule has 19 aromatic carbocycles. The van der Waals surface area contributed by atoms with Crippen molar-refractivity contribution in [2.24, 2.45) is 0 Å². The molecule has 0 unspecified atom stereocenters. The summed E-state index contributed by atoms with van der Waals surface area (Å²) in [6.45, 7) is 6.63. The maximum atomic E-state index is 6.55. The Morgan fingerprint density at radius 1 is 0.183 bits per heavy atom. The van der Waals surface area contributed by atoms with E-state index in [1.165, 1.54) is 49.4 Å². The minimum atomic E-state index is -0.0861. The number of aromatic nitrogens is 12. The normalized spacial score (nSPS) is 11.8. The van der Waals surface area contributed by atoms with Gasteiger partial charge in [-0.25, -0.2) is 19.9 Å². The maximum Gasteiger partial charge on any atom is 0.226 e. The molecule has 0 N–H and O–H groups in total. The molecule has 0 atom stereocenters. The number of aryl methyl sites for hydroxylation is 1. The van der Waals surface area contributed by atoms with Crippen molar-refractivity contribution in [2.45, 2.75) is 26.2 Å². The van der Waals surface area contributed by atoms with Crippen LogP contribution in [0.3, 0.4) is 0 Å². The fourth-order valence-electron chi connectivity index (χ4n) is 19.1. The lowest BCUT2D eigenvalue weighted by atomic mass is 9.82. The number of hydrogen-bond acceptors (Lipinski definition) is 14. The topological polar surface area (TPSA) is 181 Å². The number of para-hydroxylation sites is 1. The first kappa shape index (κ1) is 88.7. The fourth-order valence-corrected chi connectivity index (χ4v) is 19.7. The Balaban J connectivity index is 0.000000106. The van der Waals surface area contributed by atoms with Gasteiger partial charge in [0.15, 0.2) is 46.6 Å². The van der Waals surface area contributed by atoms with Crippen molar-refractivity contribution >= 4 is 123 Å². The first-order valence-corrected chi connectivity index (χ1v) is 48.0. The van der Waals surface area contributed by atoms with Gasteiger partial charge >= 0.3 is 0 Å². The second-order valence-electron chi connectivity index (χ2n) is 35.3. The number of halogens is 4. The minimum absolute atomic E-state index is 0.0861. The largest absolute Gasteiger partial charge is 0.456 e. The van der Waals surface area contributed by atoms with Crippen LogP contribution in [0.1, 0.15) is 30.5 Å². The van der Waals surface area contributed by atoms with Gasteiger partial charge in [-0.2, -0.15) is 39.9 Å². The summed E-state index contributed by atoms with van der Waals surface area (Å²) in [5, 5.41) is 11.7. The van der Waals surface area contributed by atoms with Crippen LogP contribution in [-0.2, 0) is 5.41 Å². The van der Waals surface area contributed by atoms with Crippen molar-refractivity contribution in [2.75, 3.05) is 0 Å². The molecule has 0 fully saturated rings. The van der Waals surface area contributed by atoms with E-state index in [1.807, 2.05) is 170 Å². The minimum Gasteiger partial charge on any atom is -0.456 e. The molecule has 14 nitrogen and oxygen atoms in total. The Morgan fingerprint density at radius 2 is 0.528 bits per heavy atom. The molecule has 676 valence electrons. The van der Waals surface area contributed by atoms with Crippen LogP contribution in [-0.4, -0.2) is 59.8 Å². The van der Waals surface area contributed by atoms with E-state index < -0.39 is 0 Å². The number of rotatable bonds is 13. The summed E-state index contributed by atoms with van der Waals surface area (Å²) in [4.78, 5) is 55.0. The molecule has 0 saturated heterocycles. The molecule has 6 heterocycles. The van der Waals surface area contributed by atoms with Crippen LogP contribution in [0, 0.1) is 6.92 Å². The van der Waals surface area contributed by atoms with E-state index in [4.69, 9.17) is 75.2 Å². The third-order valence-corrected chi connectivity index (χ3v) is 26.6. The average Bonchev–Trinajstić information content (AvgIpc) is 1.58. The summed E-state index contributed by atoms with van der Waals surface area (Å²) in [5.74, 6) is 4.35. The third kappa shape index (κ3) is 17.9. The highest BCUT2D eigenvalue weighted by atomic mass is 35.5. The van der Waals surface area contributed by atoms with Crippen molar-refractivity contribution in [1.29, 1.82) is 0 Å². The number of fused-ring (bicyclic) bond motifs is 12. The molecule has 142 heavy (non-hydrogen) atoms. The van der Waals surface area contributed by atoms with Gasteiger partial charge in [0.1, 0.15) is 22.3 Å². The summed E-state index contributed by atoms with van der Waals surface area (Å²) < 4.78 is 12.3. The highest BCUT2D eigenvalue weighted by Gasteiger charge is 2.36. The predicted octanol–water partition coefficient (Wildman–Crippen LogP) is 33.6. The van der Waals surface area contributed by atoms with Crippen molar-refractivity contribution in [1.82, 2.24) is 59.8 Å². The lowest BCUT2D eigenvalue weighted by molar-refractivity contribution is 0.660. The lowest BCUT2D eigenvalue weighted by Crippen LogP contribution is -2.15. The molecule has 6 aromatic heterocycles. The Bertz CT molecular complexity index is 9170. The van der Waals surface area contributed by atoms with Crippen LogP contribution in [0.4, 0.5) is 0 Å². The molecule has 0 amide bonds. The van der Waals surface area contributed by atoms with Gasteiger partial charge < -0.3 is 8.83 Å². The summed E-state index contributed by atoms with van der Waals surface area (Å²) in [6, 6.07) is 147. The van der Waals surface area contributed by atoms with Gasteiger partial charge in [-0.1, -0.05) is 365 Å². The van der Waals surface area contributed by atoms with E-state index in [1.54, 1.807) is 0 Å². The average molecular weight is 1910 g/mol. The van der Waals surface area contributed by atoms with Crippen LogP contribution in [0.2, 0.25) is 21.1 Å². The molecule has 1 aliphatic carbocycles. The van der Waals surface area contributed by atoms with Crippen LogP contribution in [0.5, 0.6) is 0 Å². The monoisotopic (exact) mass is 1910 g/mol. The third-order valence-electron chi connectivity index (χ3n) is 25.9. The van der Waals surface area contributed by atoms with Crippen molar-refractivity contribution in [3.8, 4) is 158 Å². The zero-order chi connectivity index (χ0) is 95.9. The summed E-state index contributed by atoms with van der Waals surface area (Å²) in [5.41, 5.74) is 27.8. The van der Waals surface area contributed by atoms with Gasteiger partial charge in [-0.3, -0.25) is 0 Å². The fraction of sp³-hybridized carbons (Fsp3) is 0.0323. The van der Waals surface area contributed by atoms with Crippen LogP contribution in [0.25, 0.3) is 234 Å². The molecule has 26 rings (SSSR count). The number of benzene rings is 19. The molecule has 0 bridgehead atoms. The molecule has 18 heteroatoms. The first-order chi connectivity index (χ1) is 69.6. The van der Waals surface area contributed by atoms with Gasteiger partial charge in [0.2, 0.25) is 21.1 Å². The Kier molecular flexibility index (Phi) is 23.9. The van der Waals surface area contributed by atoms with E-state index >= 15 is 0 Å². The predicted molar refractivity (Wildman–Crippen MR) is 579 cm³/mol. The molecular formula is C124H80Cl4N12O2. The lowest BCUT2D eigenvalue weighted by Gasteiger charge is -2.21. The van der Waals surface area contributed by atoms with Crippen molar-refractivity contribution in [3.05, 3.63) is 469 Å². The second kappa shape index (κ2) is 38.3. The molecule has 1 aliphatic rings. The number of nitrogens with zero attached hydrogens (tertiary/aromatic N) is 12. The summed E-state index contributed by atoms with van der Waals surface area (Å²) >= 11 is 25.6. The molecule has 0 aliphatic heterocycles. The van der Waals surface area contributed by atoms with Gasteiger partial charge in [0, 0.05) is 71.5 Å². The second-order valence-corrected chi connectivity index (χ2v) is 36.6. The van der Waals surface area contributed by atoms with Crippen molar-refractivity contribution < 1.29 is 8.83 Å². The van der Waals surface area contributed by atoms with E-state index in [-0.39, 0.29) is 26.5 Å². The highest BCUT2D eigenvalue weighted by molar-refractivity contribution is 6.29. The molecule has 0 spiro atoms. The van der Waals surface area contributed by atoms with Gasteiger partial charge in [0.25, 0.3) is 0 Å². The van der Waals surface area contributed by atoms with E-state index in [2.05, 4.69) is 321 Å². The van der Waals surface area contributed by atoms with Gasteiger partial charge in [-0.15, -0.1) is 0 Å². The van der Waals surface area contributed by atoms with Crippen molar-refractivity contribution in [3.63, 3.8) is 0 Å². The summed E-state index contributed by atoms with van der Waals surface area (Å²) in [6.07, 6.45) is 0. The Morgan fingerprint density at radius 3 is 1.08 bits per heavy atom. The maximum absolute atomic E-state index is 6.55. The Hall–Kier alpha value is -17.2. The van der Waals surface area contributed by atoms with Crippen LogP contribution in [0.15, 0.2) is 440 Å². The van der Waals surface area contributed by atoms with E-state index in [0.29, 0.717) is 46.6 Å². The summed E-state index contributed by atoms with van der Waals surface area (Å²) in [7, 11) is 0. The smallest absolute Gasteiger partial charge is 0.226 e. The standard InChI is InChI=1S/C37H22ClN3O.C31H20ClN3.C28H18ClN3O.C28H20ClN3/c38-37-40-35(25-17-18-34-32(22-25)31-14-6-7-16-33(31)42-34)39-36(41-37)28-20-26(23-9-2-1-3-10-23)19-27(21-28)30-15-8-12-24-11-4-5-13-29(24)30;32-31-34-29(23-13-5-2-6-14-23)33-30(35-31)26-19-24(21-10-3-1-4-11-21)18-25(20-26)28-17-9-15-22-12-7-8-16-27(22)28;1-17-7-5-10-19(15-17)20-13-14-21-24(16-20)33-23-12-6-11-22(25(21)23)27-30-26(31-28(29)32-27)18-8-3-2-4-9-18;1-28(2)23-13-6-5-11-20(23)21-15-14-18(16-24(21)28)25-30-26(32-27(29)31-25)22-12-7-9-17-8-3-4-10-19(17)22/h1-22H;1-20H;2-16H,1H3;3-16H,1-2H3. The highest BCUT2D eigenvalue weighted by Crippen LogP contribution is 2.51. The van der Waals surface area contributed by atoms with Gasteiger partial charge in [-0.05, 0) is 248 Å². The van der Waals surface area contributed by atoms with Gasteiger partial charge in [0.05, 0.1) is 0 Å². The number of furan rings is 2. The first-order valence-electron chi connectivity index (χ1n) is 46.4. The van der Waals surface area contributed by atoms with E-state index in [9.17, 15) is 0 Å². The van der Waals surface area contributed by atoms with E-state index in [0.717, 1.165) is 155 Å². The Labute approximate surface area is 837 Å². The SMILES string of the molecule is CC1(C)c2ccccc2-c2ccc(-c3nc(Cl)nc(-c4cccc5ccccc45)n3)cc21.Cc1cccc(-c2ccc3c(c2)oc2cccc(-c4nc(Cl)nc(-c5ccccc5)n4)c23)c1.Clc1nc(-c2cc(-c3ccccc3)cc(-c3cccc4ccccc34)c2)nc(-c2ccc3oc4ccccc4c3c2)n1.Clc1nc(-c2ccccc2)nc(-c2cc(-c3ccccc3)cc(-c3cccc4ccccc34)c2)n1. The quantitative estimate of drug-likeness (QED) is 0.106. The molecule has 0 radical (unpaired) electrons. The number of hydrogen-bond donors (Lipinski definition) is 0. The molecule has 25 aromatic rings. The molecular weight excluding hydrogens is 1830 g/mol. The van der Waals surface area contributed by atoms with Crippen LogP contribution >= 0.6 is 46.4 Å².